The van der Waals surface area contributed by atoms with Gasteiger partial charge in [-0.25, -0.2) is 0 Å². The SMILES string of the molecule is CCc1ccccc1NC(=O)c1cccc(N2C[C@@H](C(=O)OCC(=O)c3ccc(Cl)cc3)CC2=O)c1. The van der Waals surface area contributed by atoms with Crippen molar-refractivity contribution in [3.05, 3.63) is 94.5 Å². The van der Waals surface area contributed by atoms with E-state index in [2.05, 4.69) is 5.32 Å². The second-order valence-corrected chi connectivity index (χ2v) is 8.89. The van der Waals surface area contributed by atoms with Crippen LogP contribution in [0.2, 0.25) is 5.02 Å². The molecule has 8 heteroatoms. The second-order valence-electron chi connectivity index (χ2n) is 8.46. The zero-order chi connectivity index (χ0) is 25.7. The van der Waals surface area contributed by atoms with Gasteiger partial charge in [0.2, 0.25) is 5.91 Å². The number of para-hydroxylation sites is 1. The topological polar surface area (TPSA) is 92.8 Å². The van der Waals surface area contributed by atoms with Crippen molar-refractivity contribution in [3.8, 4) is 0 Å². The molecule has 0 unspecified atom stereocenters. The van der Waals surface area contributed by atoms with Crippen molar-refractivity contribution in [1.82, 2.24) is 0 Å². The van der Waals surface area contributed by atoms with Gasteiger partial charge in [-0.1, -0.05) is 42.8 Å². The number of benzene rings is 3. The van der Waals surface area contributed by atoms with Crippen LogP contribution in [-0.2, 0) is 20.7 Å². The van der Waals surface area contributed by atoms with Crippen LogP contribution in [0.15, 0.2) is 72.8 Å². The number of nitrogens with zero attached hydrogens (tertiary/aromatic N) is 1. The molecule has 2 amide bonds. The predicted molar refractivity (Wildman–Crippen MR) is 137 cm³/mol. The van der Waals surface area contributed by atoms with E-state index in [0.717, 1.165) is 17.7 Å². The maximum absolute atomic E-state index is 12.9. The van der Waals surface area contributed by atoms with E-state index in [9.17, 15) is 19.2 Å². The number of carbonyl (C=O) groups is 4. The van der Waals surface area contributed by atoms with E-state index in [1.165, 1.54) is 4.90 Å². The van der Waals surface area contributed by atoms with E-state index in [0.29, 0.717) is 21.8 Å². The lowest BCUT2D eigenvalue weighted by Gasteiger charge is -2.17. The summed E-state index contributed by atoms with van der Waals surface area (Å²) in [4.78, 5) is 51.8. The molecular weight excluding hydrogens is 480 g/mol. The summed E-state index contributed by atoms with van der Waals surface area (Å²) in [5.41, 5.74) is 3.05. The Morgan fingerprint density at radius 2 is 1.75 bits per heavy atom. The molecule has 0 bridgehead atoms. The van der Waals surface area contributed by atoms with Gasteiger partial charge in [0.15, 0.2) is 12.4 Å². The van der Waals surface area contributed by atoms with Crippen LogP contribution in [0, 0.1) is 5.92 Å². The van der Waals surface area contributed by atoms with Crippen molar-refractivity contribution in [2.24, 2.45) is 5.92 Å². The molecule has 0 aliphatic carbocycles. The van der Waals surface area contributed by atoms with E-state index < -0.39 is 18.5 Å². The minimum absolute atomic E-state index is 0.0335. The smallest absolute Gasteiger partial charge is 0.311 e. The molecule has 0 radical (unpaired) electrons. The minimum Gasteiger partial charge on any atom is -0.457 e. The van der Waals surface area contributed by atoms with Crippen molar-refractivity contribution in [1.29, 1.82) is 0 Å². The third kappa shape index (κ3) is 5.80. The average molecular weight is 505 g/mol. The molecule has 0 spiro atoms. The number of hydrogen-bond acceptors (Lipinski definition) is 5. The first-order valence-electron chi connectivity index (χ1n) is 11.6. The largest absolute Gasteiger partial charge is 0.457 e. The first-order valence-corrected chi connectivity index (χ1v) is 12.0. The van der Waals surface area contributed by atoms with Crippen molar-refractivity contribution >= 4 is 46.5 Å². The number of rotatable bonds is 8. The van der Waals surface area contributed by atoms with Gasteiger partial charge in [0, 0.05) is 40.5 Å². The molecule has 36 heavy (non-hydrogen) atoms. The standard InChI is InChI=1S/C28H25ClN2O5/c1-2-18-6-3-4-9-24(18)30-27(34)20-7-5-8-23(14-20)31-16-21(15-26(31)33)28(35)36-17-25(32)19-10-12-22(29)13-11-19/h3-14,21H,2,15-17H2,1H3,(H,30,34)/t21-/m0/s1. The molecule has 1 aliphatic rings. The Morgan fingerprint density at radius 1 is 1.00 bits per heavy atom. The summed E-state index contributed by atoms with van der Waals surface area (Å²) < 4.78 is 5.19. The molecule has 1 N–H and O–H groups in total. The van der Waals surface area contributed by atoms with Crippen molar-refractivity contribution in [3.63, 3.8) is 0 Å². The van der Waals surface area contributed by atoms with Crippen molar-refractivity contribution in [2.75, 3.05) is 23.4 Å². The summed E-state index contributed by atoms with van der Waals surface area (Å²) in [5.74, 6) is -2.22. The molecule has 1 fully saturated rings. The molecule has 7 nitrogen and oxygen atoms in total. The molecule has 3 aromatic carbocycles. The van der Waals surface area contributed by atoms with Gasteiger partial charge in [-0.15, -0.1) is 0 Å². The molecular formula is C28H25ClN2O5. The number of halogens is 1. The lowest BCUT2D eigenvalue weighted by atomic mass is 10.1. The van der Waals surface area contributed by atoms with Gasteiger partial charge in [0.1, 0.15) is 0 Å². The summed E-state index contributed by atoms with van der Waals surface area (Å²) in [6.45, 7) is 1.70. The van der Waals surface area contributed by atoms with Gasteiger partial charge < -0.3 is 15.0 Å². The zero-order valence-electron chi connectivity index (χ0n) is 19.7. The Kier molecular flexibility index (Phi) is 7.80. The fourth-order valence-electron chi connectivity index (χ4n) is 4.05. The van der Waals surface area contributed by atoms with Gasteiger partial charge >= 0.3 is 5.97 Å². The molecule has 1 atom stereocenters. The highest BCUT2D eigenvalue weighted by Gasteiger charge is 2.36. The number of ether oxygens (including phenoxy) is 1. The molecule has 1 saturated heterocycles. The Hall–Kier alpha value is -3.97. The summed E-state index contributed by atoms with van der Waals surface area (Å²) in [5, 5.41) is 3.42. The van der Waals surface area contributed by atoms with Gasteiger partial charge in [-0.05, 0) is 60.5 Å². The summed E-state index contributed by atoms with van der Waals surface area (Å²) in [7, 11) is 0. The Balaban J connectivity index is 1.38. The zero-order valence-corrected chi connectivity index (χ0v) is 20.5. The fraction of sp³-hybridized carbons (Fsp3) is 0.214. The number of Topliss-reactive ketones (excluding diaryl/α,β-unsaturated/α-hetero) is 1. The number of esters is 1. The maximum atomic E-state index is 12.9. The first-order chi connectivity index (χ1) is 17.4. The van der Waals surface area contributed by atoms with Crippen LogP contribution >= 0.6 is 11.6 Å². The quantitative estimate of drug-likeness (QED) is 0.346. The fourth-order valence-corrected chi connectivity index (χ4v) is 4.17. The van der Waals surface area contributed by atoms with Crippen LogP contribution in [0.25, 0.3) is 0 Å². The summed E-state index contributed by atoms with van der Waals surface area (Å²) in [6, 6.07) is 20.6. The molecule has 0 saturated carbocycles. The van der Waals surface area contributed by atoms with E-state index in [1.807, 2.05) is 31.2 Å². The van der Waals surface area contributed by atoms with Crippen molar-refractivity contribution in [2.45, 2.75) is 19.8 Å². The molecule has 184 valence electrons. The molecule has 1 aliphatic heterocycles. The van der Waals surface area contributed by atoms with Gasteiger partial charge in [-0.3, -0.25) is 19.2 Å². The highest BCUT2D eigenvalue weighted by atomic mass is 35.5. The Bertz CT molecular complexity index is 1310. The second kappa shape index (κ2) is 11.2. The normalized spacial score (nSPS) is 15.0. The van der Waals surface area contributed by atoms with Crippen LogP contribution < -0.4 is 10.2 Å². The number of nitrogens with one attached hydrogen (secondary N) is 1. The number of carbonyl (C=O) groups excluding carboxylic acids is 4. The van der Waals surface area contributed by atoms with Crippen LogP contribution in [0.1, 0.15) is 39.6 Å². The first kappa shape index (κ1) is 25.1. The summed E-state index contributed by atoms with van der Waals surface area (Å²) in [6.07, 6.45) is 0.746. The van der Waals surface area contributed by atoms with Crippen molar-refractivity contribution < 1.29 is 23.9 Å². The number of aryl methyl sites for hydroxylation is 1. The third-order valence-electron chi connectivity index (χ3n) is 6.04. The molecule has 4 rings (SSSR count). The van der Waals surface area contributed by atoms with E-state index >= 15 is 0 Å². The molecule has 1 heterocycles. The number of amides is 2. The number of anilines is 2. The average Bonchev–Trinajstić information content (AvgIpc) is 3.29. The van der Waals surface area contributed by atoms with Crippen LogP contribution in [-0.4, -0.2) is 36.7 Å². The third-order valence-corrected chi connectivity index (χ3v) is 6.29. The van der Waals surface area contributed by atoms with Gasteiger partial charge in [-0.2, -0.15) is 0 Å². The predicted octanol–water partition coefficient (Wildman–Crippen LogP) is 4.93. The van der Waals surface area contributed by atoms with Crippen LogP contribution in [0.5, 0.6) is 0 Å². The van der Waals surface area contributed by atoms with Gasteiger partial charge in [0.25, 0.3) is 5.91 Å². The highest BCUT2D eigenvalue weighted by molar-refractivity contribution is 6.30. The van der Waals surface area contributed by atoms with Crippen LogP contribution in [0.3, 0.4) is 0 Å². The lowest BCUT2D eigenvalue weighted by Crippen LogP contribution is -2.27. The molecule has 0 aromatic heterocycles. The monoisotopic (exact) mass is 504 g/mol. The van der Waals surface area contributed by atoms with E-state index in [4.69, 9.17) is 16.3 Å². The van der Waals surface area contributed by atoms with Crippen LogP contribution in [0.4, 0.5) is 11.4 Å². The highest BCUT2D eigenvalue weighted by Crippen LogP contribution is 2.27. The number of ketones is 1. The number of hydrogen-bond donors (Lipinski definition) is 1. The lowest BCUT2D eigenvalue weighted by molar-refractivity contribution is -0.147. The molecule has 3 aromatic rings. The minimum atomic E-state index is -0.704. The Morgan fingerprint density at radius 3 is 2.50 bits per heavy atom. The van der Waals surface area contributed by atoms with E-state index in [-0.39, 0.29) is 30.6 Å². The van der Waals surface area contributed by atoms with E-state index in [1.54, 1.807) is 48.5 Å². The maximum Gasteiger partial charge on any atom is 0.311 e. The Labute approximate surface area is 214 Å². The van der Waals surface area contributed by atoms with Gasteiger partial charge in [0.05, 0.1) is 5.92 Å². The summed E-state index contributed by atoms with van der Waals surface area (Å²) >= 11 is 5.83.